The van der Waals surface area contributed by atoms with E-state index in [1.54, 1.807) is 18.7 Å². The van der Waals surface area contributed by atoms with Crippen molar-refractivity contribution in [3.05, 3.63) is 52.5 Å². The summed E-state index contributed by atoms with van der Waals surface area (Å²) in [4.78, 5) is 13.9. The van der Waals surface area contributed by atoms with Crippen LogP contribution in [-0.2, 0) is 16.0 Å². The Kier molecular flexibility index (Phi) is 7.90. The van der Waals surface area contributed by atoms with Gasteiger partial charge in [0.15, 0.2) is 0 Å². The Morgan fingerprint density at radius 3 is 2.64 bits per heavy atom. The molecule has 2 aromatic rings. The summed E-state index contributed by atoms with van der Waals surface area (Å²) in [6.07, 6.45) is 0.256. The number of carbonyl (C=O) groups excluding carboxylic acids is 1. The molecule has 0 aliphatic heterocycles. The Morgan fingerprint density at radius 1 is 1.20 bits per heavy atom. The molecule has 2 rings (SSSR count). The second-order valence-corrected chi connectivity index (χ2v) is 6.94. The lowest BCUT2D eigenvalue weighted by molar-refractivity contribution is -0.142. The zero-order valence-electron chi connectivity index (χ0n) is 14.2. The monoisotopic (exact) mass is 418 g/mol. The van der Waals surface area contributed by atoms with Gasteiger partial charge in [-0.25, -0.2) is 0 Å². The molecule has 0 atom stereocenters. The lowest BCUT2D eigenvalue weighted by Crippen LogP contribution is -2.08. The van der Waals surface area contributed by atoms with Crippen molar-refractivity contribution < 1.29 is 14.3 Å². The predicted molar refractivity (Wildman–Crippen MR) is 104 cm³/mol. The van der Waals surface area contributed by atoms with Crippen LogP contribution in [0.25, 0.3) is 0 Å². The molecule has 25 heavy (non-hydrogen) atoms. The van der Waals surface area contributed by atoms with Crippen LogP contribution in [-0.4, -0.2) is 19.2 Å². The molecular formula is C20H19BrO3S. The average Bonchev–Trinajstić information content (AvgIpc) is 2.60. The summed E-state index contributed by atoms with van der Waals surface area (Å²) >= 11 is 5.18. The van der Waals surface area contributed by atoms with Crippen molar-refractivity contribution in [1.29, 1.82) is 0 Å². The first-order chi connectivity index (χ1) is 12.1. The number of benzene rings is 2. The van der Waals surface area contributed by atoms with Crippen LogP contribution in [0.1, 0.15) is 19.4 Å². The molecule has 0 amide bonds. The van der Waals surface area contributed by atoms with Gasteiger partial charge in [0, 0.05) is 14.3 Å². The zero-order valence-corrected chi connectivity index (χ0v) is 16.6. The van der Waals surface area contributed by atoms with Gasteiger partial charge in [-0.05, 0) is 65.7 Å². The van der Waals surface area contributed by atoms with Gasteiger partial charge in [-0.1, -0.05) is 29.8 Å². The number of esters is 1. The fourth-order valence-corrected chi connectivity index (χ4v) is 3.68. The maximum Gasteiger partial charge on any atom is 0.310 e. The van der Waals surface area contributed by atoms with Gasteiger partial charge in [0.2, 0.25) is 0 Å². The summed E-state index contributed by atoms with van der Waals surface area (Å²) < 4.78 is 11.5. The maximum absolute atomic E-state index is 11.8. The van der Waals surface area contributed by atoms with Gasteiger partial charge in [0.05, 0.1) is 13.0 Å². The van der Waals surface area contributed by atoms with E-state index in [2.05, 4.69) is 27.8 Å². The van der Waals surface area contributed by atoms with E-state index in [4.69, 9.17) is 9.47 Å². The molecular weight excluding hydrogens is 400 g/mol. The standard InChI is InChI=1S/C20H19BrO3S/c1-3-5-13-24-16-9-11-17(12-10-16)25-20-15(7-6-8-18(20)21)14-19(22)23-4-2/h6-12H,4,13-14H2,1-2H3. The summed E-state index contributed by atoms with van der Waals surface area (Å²) in [5.41, 5.74) is 0.941. The molecule has 5 heteroatoms. The van der Waals surface area contributed by atoms with Crippen molar-refractivity contribution in [3.63, 3.8) is 0 Å². The molecule has 0 saturated heterocycles. The molecule has 2 aromatic carbocycles. The van der Waals surface area contributed by atoms with E-state index >= 15 is 0 Å². The van der Waals surface area contributed by atoms with E-state index in [-0.39, 0.29) is 12.4 Å². The maximum atomic E-state index is 11.8. The fourth-order valence-electron chi connectivity index (χ4n) is 2.09. The van der Waals surface area contributed by atoms with Gasteiger partial charge >= 0.3 is 5.97 Å². The Morgan fingerprint density at radius 2 is 1.96 bits per heavy atom. The molecule has 0 aliphatic rings. The van der Waals surface area contributed by atoms with Crippen molar-refractivity contribution in [2.24, 2.45) is 0 Å². The van der Waals surface area contributed by atoms with Gasteiger partial charge in [0.25, 0.3) is 0 Å². The third-order valence-corrected chi connectivity index (χ3v) is 5.34. The molecule has 0 radical (unpaired) electrons. The minimum Gasteiger partial charge on any atom is -0.481 e. The minimum atomic E-state index is -0.219. The third-order valence-electron chi connectivity index (χ3n) is 3.22. The average molecular weight is 419 g/mol. The molecule has 0 bridgehead atoms. The summed E-state index contributed by atoms with van der Waals surface area (Å²) in [5.74, 6) is 6.23. The van der Waals surface area contributed by atoms with Crippen molar-refractivity contribution in [3.8, 4) is 17.6 Å². The summed E-state index contributed by atoms with van der Waals surface area (Å²) in [5, 5.41) is 0. The highest BCUT2D eigenvalue weighted by atomic mass is 79.9. The van der Waals surface area contributed by atoms with Crippen LogP contribution >= 0.6 is 27.7 Å². The number of ether oxygens (including phenoxy) is 2. The summed E-state index contributed by atoms with van der Waals surface area (Å²) in [7, 11) is 0. The van der Waals surface area contributed by atoms with Crippen molar-refractivity contribution >= 4 is 33.7 Å². The van der Waals surface area contributed by atoms with Gasteiger partial charge in [-0.15, -0.1) is 5.92 Å². The van der Waals surface area contributed by atoms with Crippen molar-refractivity contribution in [2.45, 2.75) is 30.1 Å². The van der Waals surface area contributed by atoms with E-state index in [1.165, 1.54) is 0 Å². The summed E-state index contributed by atoms with van der Waals surface area (Å²) in [6, 6.07) is 13.7. The van der Waals surface area contributed by atoms with Crippen LogP contribution in [0.2, 0.25) is 0 Å². The fraction of sp³-hybridized carbons (Fsp3) is 0.250. The molecule has 0 fully saturated rings. The molecule has 0 spiro atoms. The van der Waals surface area contributed by atoms with Crippen molar-refractivity contribution in [1.82, 2.24) is 0 Å². The first-order valence-electron chi connectivity index (χ1n) is 7.87. The topological polar surface area (TPSA) is 35.5 Å². The van der Waals surface area contributed by atoms with E-state index < -0.39 is 0 Å². The lowest BCUT2D eigenvalue weighted by atomic mass is 10.1. The largest absolute Gasteiger partial charge is 0.481 e. The van der Waals surface area contributed by atoms with Crippen LogP contribution in [0.3, 0.4) is 0 Å². The molecule has 3 nitrogen and oxygen atoms in total. The molecule has 0 heterocycles. The van der Waals surface area contributed by atoms with Gasteiger partial charge in [-0.2, -0.15) is 0 Å². The highest BCUT2D eigenvalue weighted by Gasteiger charge is 2.13. The molecule has 0 saturated carbocycles. The Balaban J connectivity index is 2.13. The molecule has 0 aliphatic carbocycles. The number of rotatable bonds is 7. The highest BCUT2D eigenvalue weighted by Crippen LogP contribution is 2.37. The molecule has 130 valence electrons. The Labute approximate surface area is 161 Å². The second-order valence-electron chi connectivity index (χ2n) is 5.00. The van der Waals surface area contributed by atoms with Crippen LogP contribution in [0.15, 0.2) is 56.7 Å². The Bertz CT molecular complexity index is 776. The molecule has 0 unspecified atom stereocenters. The van der Waals surface area contributed by atoms with Gasteiger partial charge in [-0.3, -0.25) is 4.79 Å². The zero-order chi connectivity index (χ0) is 18.1. The quantitative estimate of drug-likeness (QED) is 0.462. The van der Waals surface area contributed by atoms with Crippen LogP contribution in [0.5, 0.6) is 5.75 Å². The first kappa shape index (κ1) is 19.4. The van der Waals surface area contributed by atoms with Crippen LogP contribution in [0.4, 0.5) is 0 Å². The van der Waals surface area contributed by atoms with E-state index in [9.17, 15) is 4.79 Å². The SMILES string of the molecule is CC#CCOc1ccc(Sc2c(Br)cccc2CC(=O)OCC)cc1. The van der Waals surface area contributed by atoms with Gasteiger partial charge < -0.3 is 9.47 Å². The number of hydrogen-bond acceptors (Lipinski definition) is 4. The smallest absolute Gasteiger partial charge is 0.310 e. The highest BCUT2D eigenvalue weighted by molar-refractivity contribution is 9.10. The number of halogens is 1. The predicted octanol–water partition coefficient (Wildman–Crippen LogP) is 5.11. The van der Waals surface area contributed by atoms with E-state index in [0.717, 1.165) is 25.6 Å². The van der Waals surface area contributed by atoms with Crippen molar-refractivity contribution in [2.75, 3.05) is 13.2 Å². The Hall–Kier alpha value is -1.90. The third kappa shape index (κ3) is 6.15. The van der Waals surface area contributed by atoms with Crippen LogP contribution in [0, 0.1) is 11.8 Å². The van der Waals surface area contributed by atoms with Crippen LogP contribution < -0.4 is 4.74 Å². The number of carbonyl (C=O) groups is 1. The number of hydrogen-bond donors (Lipinski definition) is 0. The lowest BCUT2D eigenvalue weighted by Gasteiger charge is -2.11. The first-order valence-corrected chi connectivity index (χ1v) is 9.48. The normalized spacial score (nSPS) is 9.88. The second kappa shape index (κ2) is 10.2. The molecule has 0 N–H and O–H groups in total. The van der Waals surface area contributed by atoms with E-state index in [0.29, 0.717) is 13.2 Å². The minimum absolute atomic E-state index is 0.219. The summed E-state index contributed by atoms with van der Waals surface area (Å²) in [6.45, 7) is 4.37. The van der Waals surface area contributed by atoms with E-state index in [1.807, 2.05) is 49.4 Å². The van der Waals surface area contributed by atoms with Gasteiger partial charge in [0.1, 0.15) is 12.4 Å². The molecule has 0 aromatic heterocycles.